The quantitative estimate of drug-likeness (QED) is 0.459. The predicted octanol–water partition coefficient (Wildman–Crippen LogP) is -1.60. The minimum atomic E-state index is 0. The predicted molar refractivity (Wildman–Crippen MR) is 24.4 cm³/mol. The molecule has 0 unspecified atom stereocenters. The molecule has 0 aliphatic rings. The van der Waals surface area contributed by atoms with E-state index in [2.05, 4.69) is 5.32 Å². The summed E-state index contributed by atoms with van der Waals surface area (Å²) in [7, 11) is 0. The molecule has 0 aromatic carbocycles. The molecule has 0 radical (unpaired) electrons. The first-order valence-corrected chi connectivity index (χ1v) is 2.05. The van der Waals surface area contributed by atoms with Crippen LogP contribution in [0.25, 0.3) is 5.32 Å². The Balaban J connectivity index is 0. The van der Waals surface area contributed by atoms with Crippen molar-refractivity contribution in [3.8, 4) is 0 Å². The van der Waals surface area contributed by atoms with Crippen molar-refractivity contribution < 1.29 is 58.2 Å². The molecule has 0 aromatic heterocycles. The molecule has 0 atom stereocenters. The van der Waals surface area contributed by atoms with Gasteiger partial charge in [0, 0.05) is 0 Å². The second-order valence-corrected chi connectivity index (χ2v) is 0.856. The normalized spacial score (nSPS) is 7.00. The van der Waals surface area contributed by atoms with Crippen molar-refractivity contribution in [2.75, 3.05) is 13.1 Å². The summed E-state index contributed by atoms with van der Waals surface area (Å²) >= 11 is 0. The summed E-state index contributed by atoms with van der Waals surface area (Å²) in [5.74, 6) is 0. The SMILES string of the molecule is CC[N-]CC.[Rb+]. The summed E-state index contributed by atoms with van der Waals surface area (Å²) in [5, 5.41) is 3.97. The van der Waals surface area contributed by atoms with Crippen molar-refractivity contribution in [1.29, 1.82) is 0 Å². The van der Waals surface area contributed by atoms with Crippen LogP contribution in [0.1, 0.15) is 13.8 Å². The Labute approximate surface area is 88.7 Å². The van der Waals surface area contributed by atoms with Gasteiger partial charge in [-0.15, -0.1) is 0 Å². The molecule has 0 heterocycles. The molecular formula is C4H10NRb. The van der Waals surface area contributed by atoms with E-state index in [4.69, 9.17) is 0 Å². The monoisotopic (exact) mass is 157 g/mol. The van der Waals surface area contributed by atoms with Crippen molar-refractivity contribution in [2.24, 2.45) is 0 Å². The first-order chi connectivity index (χ1) is 2.41. The largest absolute Gasteiger partial charge is 1.00 e. The summed E-state index contributed by atoms with van der Waals surface area (Å²) < 4.78 is 0. The van der Waals surface area contributed by atoms with Gasteiger partial charge in [0.05, 0.1) is 0 Å². The second-order valence-electron chi connectivity index (χ2n) is 0.856. The van der Waals surface area contributed by atoms with E-state index in [1.165, 1.54) is 0 Å². The maximum Gasteiger partial charge on any atom is 1.00 e. The fourth-order valence-corrected chi connectivity index (χ4v) is 0.224. The van der Waals surface area contributed by atoms with Gasteiger partial charge >= 0.3 is 58.2 Å². The Morgan fingerprint density at radius 2 is 1.50 bits per heavy atom. The standard InChI is InChI=1S/C4H10N.Rb/c1-3-5-4-2;/h3-4H2,1-2H3;/q-1;+1. The van der Waals surface area contributed by atoms with E-state index < -0.39 is 0 Å². The minimum absolute atomic E-state index is 0. The maximum absolute atomic E-state index is 3.97. The van der Waals surface area contributed by atoms with E-state index in [1.54, 1.807) is 0 Å². The molecule has 32 valence electrons. The average Bonchev–Trinajstić information content (AvgIpc) is 1.41. The molecule has 0 aliphatic heterocycles. The third-order valence-electron chi connectivity index (χ3n) is 0.447. The molecule has 0 aliphatic carbocycles. The van der Waals surface area contributed by atoms with Crippen molar-refractivity contribution in [2.45, 2.75) is 13.8 Å². The van der Waals surface area contributed by atoms with Crippen molar-refractivity contribution in [3.05, 3.63) is 5.32 Å². The smallest absolute Gasteiger partial charge is 0.663 e. The van der Waals surface area contributed by atoms with E-state index >= 15 is 0 Å². The molecule has 0 N–H and O–H groups in total. The topological polar surface area (TPSA) is 14.1 Å². The Kier molecular flexibility index (Phi) is 17.6. The molecular weight excluding hydrogens is 148 g/mol. The van der Waals surface area contributed by atoms with Gasteiger partial charge in [-0.05, 0) is 0 Å². The van der Waals surface area contributed by atoms with Crippen LogP contribution < -0.4 is 58.2 Å². The van der Waals surface area contributed by atoms with Gasteiger partial charge in [0.2, 0.25) is 0 Å². The van der Waals surface area contributed by atoms with Gasteiger partial charge in [0.25, 0.3) is 0 Å². The molecule has 0 aromatic rings. The van der Waals surface area contributed by atoms with E-state index in [-0.39, 0.29) is 58.2 Å². The number of hydrogen-bond acceptors (Lipinski definition) is 0. The van der Waals surface area contributed by atoms with Crippen LogP contribution >= 0.6 is 0 Å². The number of rotatable bonds is 2. The van der Waals surface area contributed by atoms with Gasteiger partial charge in [0.15, 0.2) is 0 Å². The second kappa shape index (κ2) is 9.90. The number of nitrogens with zero attached hydrogens (tertiary/aromatic N) is 1. The van der Waals surface area contributed by atoms with Gasteiger partial charge in [-0.2, -0.15) is 13.1 Å². The van der Waals surface area contributed by atoms with Gasteiger partial charge in [-0.1, -0.05) is 13.8 Å². The number of hydrogen-bond donors (Lipinski definition) is 0. The third kappa shape index (κ3) is 9.23. The van der Waals surface area contributed by atoms with Crippen LogP contribution in [0.5, 0.6) is 0 Å². The first kappa shape index (κ1) is 10.7. The van der Waals surface area contributed by atoms with Crippen molar-refractivity contribution >= 4 is 0 Å². The van der Waals surface area contributed by atoms with Gasteiger partial charge < -0.3 is 5.32 Å². The molecule has 6 heavy (non-hydrogen) atoms. The summed E-state index contributed by atoms with van der Waals surface area (Å²) in [5.41, 5.74) is 0. The van der Waals surface area contributed by atoms with Crippen LogP contribution in [0.4, 0.5) is 0 Å². The Morgan fingerprint density at radius 3 is 1.50 bits per heavy atom. The maximum atomic E-state index is 3.97. The van der Waals surface area contributed by atoms with Crippen LogP contribution in [0.2, 0.25) is 0 Å². The zero-order chi connectivity index (χ0) is 4.12. The summed E-state index contributed by atoms with van der Waals surface area (Å²) in [6.45, 7) is 6.03. The average molecular weight is 158 g/mol. The molecule has 1 nitrogen and oxygen atoms in total. The molecule has 0 spiro atoms. The van der Waals surface area contributed by atoms with E-state index in [0.717, 1.165) is 13.1 Å². The molecule has 0 saturated carbocycles. The van der Waals surface area contributed by atoms with Crippen LogP contribution in [-0.2, 0) is 0 Å². The fraction of sp³-hybridized carbons (Fsp3) is 1.00. The molecule has 2 heteroatoms. The molecule has 0 rings (SSSR count). The van der Waals surface area contributed by atoms with Gasteiger partial charge in [-0.3, -0.25) is 0 Å². The first-order valence-electron chi connectivity index (χ1n) is 2.05. The van der Waals surface area contributed by atoms with E-state index in [0.29, 0.717) is 0 Å². The molecule has 0 bridgehead atoms. The molecule has 0 amide bonds. The third-order valence-corrected chi connectivity index (χ3v) is 0.447. The summed E-state index contributed by atoms with van der Waals surface area (Å²) in [4.78, 5) is 0. The van der Waals surface area contributed by atoms with Gasteiger partial charge in [-0.25, -0.2) is 0 Å². The van der Waals surface area contributed by atoms with Crippen molar-refractivity contribution in [3.63, 3.8) is 0 Å². The summed E-state index contributed by atoms with van der Waals surface area (Å²) in [6.07, 6.45) is 0. The zero-order valence-corrected chi connectivity index (χ0v) is 9.78. The molecule has 0 saturated heterocycles. The minimum Gasteiger partial charge on any atom is -0.663 e. The summed E-state index contributed by atoms with van der Waals surface area (Å²) in [6, 6.07) is 0. The van der Waals surface area contributed by atoms with Gasteiger partial charge in [0.1, 0.15) is 0 Å². The van der Waals surface area contributed by atoms with E-state index in [9.17, 15) is 0 Å². The van der Waals surface area contributed by atoms with Crippen LogP contribution in [-0.4, -0.2) is 13.1 Å². The van der Waals surface area contributed by atoms with Crippen molar-refractivity contribution in [1.82, 2.24) is 0 Å². The van der Waals surface area contributed by atoms with Crippen LogP contribution in [0.15, 0.2) is 0 Å². The zero-order valence-electron chi connectivity index (χ0n) is 4.86. The Bertz CT molecular complexity index is 15.0. The Hall–Kier alpha value is 1.77. The fourth-order valence-electron chi connectivity index (χ4n) is 0.224. The Morgan fingerprint density at radius 1 is 1.17 bits per heavy atom. The van der Waals surface area contributed by atoms with Crippen LogP contribution in [0.3, 0.4) is 0 Å². The van der Waals surface area contributed by atoms with Crippen LogP contribution in [0, 0.1) is 0 Å². The van der Waals surface area contributed by atoms with E-state index in [1.807, 2.05) is 13.8 Å². The molecule has 0 fully saturated rings.